The van der Waals surface area contributed by atoms with Gasteiger partial charge < -0.3 is 10.3 Å². The van der Waals surface area contributed by atoms with Gasteiger partial charge in [-0.2, -0.15) is 0 Å². The summed E-state index contributed by atoms with van der Waals surface area (Å²) in [6, 6.07) is 15.6. The van der Waals surface area contributed by atoms with Crippen molar-refractivity contribution in [1.82, 2.24) is 19.9 Å². The van der Waals surface area contributed by atoms with E-state index in [4.69, 9.17) is 11.6 Å². The molecule has 186 valence electrons. The minimum atomic E-state index is -2.73. The fourth-order valence-electron chi connectivity index (χ4n) is 4.16. The number of aromatic nitrogens is 4. The van der Waals surface area contributed by atoms with Crippen molar-refractivity contribution in [3.05, 3.63) is 95.7 Å². The molecule has 0 unspecified atom stereocenters. The molecule has 37 heavy (non-hydrogen) atoms. The number of benzene rings is 1. The van der Waals surface area contributed by atoms with Crippen LogP contribution in [0.2, 0.25) is 5.02 Å². The molecule has 4 aromatic heterocycles. The molecule has 1 amide bonds. The summed E-state index contributed by atoms with van der Waals surface area (Å²) in [7, 11) is 0. The molecule has 0 aliphatic heterocycles. The maximum atomic E-state index is 13.3. The lowest BCUT2D eigenvalue weighted by Gasteiger charge is -2.17. The zero-order valence-corrected chi connectivity index (χ0v) is 19.9. The molecule has 4 heterocycles. The van der Waals surface area contributed by atoms with Gasteiger partial charge in [-0.15, -0.1) is 0 Å². The maximum Gasteiger partial charge on any atom is 0.239 e. The maximum absolute atomic E-state index is 13.3. The van der Waals surface area contributed by atoms with Crippen molar-refractivity contribution in [2.75, 3.05) is 5.32 Å². The number of fused-ring (bicyclic) bond motifs is 1. The number of H-pyrrole nitrogens is 1. The molecule has 5 rings (SSSR count). The number of alkyl halides is 2. The van der Waals surface area contributed by atoms with Crippen molar-refractivity contribution in [1.29, 1.82) is 0 Å². The molecule has 0 radical (unpaired) electrons. The number of aromatic amines is 1. The SMILES string of the molecule is O=C(Nc1cc(-c2[nH]c3cc(Cl)cnc3c2-c2ccccn2)ccn1)[C@H](CC(F)F)c1ccc(F)cc1. The molecule has 5 aromatic rings. The summed E-state index contributed by atoms with van der Waals surface area (Å²) < 4.78 is 39.9. The number of carbonyl (C=O) groups excluding carboxylic acids is 1. The summed E-state index contributed by atoms with van der Waals surface area (Å²) in [5, 5.41) is 3.09. The zero-order valence-electron chi connectivity index (χ0n) is 19.1. The third kappa shape index (κ3) is 5.31. The van der Waals surface area contributed by atoms with Gasteiger partial charge in [-0.1, -0.05) is 29.8 Å². The normalized spacial score (nSPS) is 12.1. The zero-order chi connectivity index (χ0) is 25.9. The van der Waals surface area contributed by atoms with E-state index < -0.39 is 30.5 Å². The summed E-state index contributed by atoms with van der Waals surface area (Å²) in [4.78, 5) is 29.5. The second-order valence-corrected chi connectivity index (χ2v) is 8.73. The Bertz CT molecular complexity index is 1560. The molecule has 0 aliphatic rings. The summed E-state index contributed by atoms with van der Waals surface area (Å²) in [6.07, 6.45) is 1.27. The Morgan fingerprint density at radius 1 is 1.00 bits per heavy atom. The Kier molecular flexibility index (Phi) is 6.87. The molecule has 0 spiro atoms. The van der Waals surface area contributed by atoms with Crippen molar-refractivity contribution in [2.45, 2.75) is 18.8 Å². The molecule has 0 aliphatic carbocycles. The van der Waals surface area contributed by atoms with Gasteiger partial charge in [0.2, 0.25) is 12.3 Å². The van der Waals surface area contributed by atoms with Crippen LogP contribution < -0.4 is 5.32 Å². The van der Waals surface area contributed by atoms with Crippen LogP contribution in [0.15, 0.2) is 79.3 Å². The van der Waals surface area contributed by atoms with Gasteiger partial charge in [0, 0.05) is 30.6 Å². The first-order valence-electron chi connectivity index (χ1n) is 11.3. The van der Waals surface area contributed by atoms with Gasteiger partial charge in [0.15, 0.2) is 0 Å². The van der Waals surface area contributed by atoms with E-state index in [2.05, 4.69) is 25.3 Å². The minimum absolute atomic E-state index is 0.167. The quantitative estimate of drug-likeness (QED) is 0.245. The number of nitrogens with zero attached hydrogens (tertiary/aromatic N) is 3. The first-order valence-corrected chi connectivity index (χ1v) is 11.7. The van der Waals surface area contributed by atoms with Crippen molar-refractivity contribution in [2.24, 2.45) is 0 Å². The minimum Gasteiger partial charge on any atom is -0.353 e. The molecule has 0 fully saturated rings. The Morgan fingerprint density at radius 3 is 2.54 bits per heavy atom. The molecular formula is C27H19ClF3N5O. The van der Waals surface area contributed by atoms with E-state index in [9.17, 15) is 18.0 Å². The van der Waals surface area contributed by atoms with E-state index >= 15 is 0 Å². The fourth-order valence-corrected chi connectivity index (χ4v) is 4.32. The lowest BCUT2D eigenvalue weighted by molar-refractivity contribution is -0.118. The highest BCUT2D eigenvalue weighted by molar-refractivity contribution is 6.31. The van der Waals surface area contributed by atoms with Gasteiger partial charge in [-0.3, -0.25) is 14.8 Å². The molecule has 2 N–H and O–H groups in total. The number of pyridine rings is 3. The number of hydrogen-bond donors (Lipinski definition) is 2. The number of carbonyl (C=O) groups is 1. The largest absolute Gasteiger partial charge is 0.353 e. The average molecular weight is 522 g/mol. The van der Waals surface area contributed by atoms with Gasteiger partial charge >= 0.3 is 0 Å². The molecule has 10 heteroatoms. The average Bonchev–Trinajstić information content (AvgIpc) is 3.27. The highest BCUT2D eigenvalue weighted by atomic mass is 35.5. The Hall–Kier alpha value is -4.24. The summed E-state index contributed by atoms with van der Waals surface area (Å²) in [6.45, 7) is 0. The first kappa shape index (κ1) is 24.5. The predicted octanol–water partition coefficient (Wildman–Crippen LogP) is 6.86. The summed E-state index contributed by atoms with van der Waals surface area (Å²) in [5.74, 6) is -2.21. The van der Waals surface area contributed by atoms with Crippen LogP contribution in [-0.2, 0) is 4.79 Å². The van der Waals surface area contributed by atoms with Gasteiger partial charge in [0.1, 0.15) is 11.6 Å². The first-order chi connectivity index (χ1) is 17.9. The number of hydrogen-bond acceptors (Lipinski definition) is 4. The Labute approximate surface area is 214 Å². The van der Waals surface area contributed by atoms with E-state index in [-0.39, 0.29) is 11.4 Å². The van der Waals surface area contributed by atoms with Crippen molar-refractivity contribution >= 4 is 34.4 Å². The van der Waals surface area contributed by atoms with E-state index in [1.165, 1.54) is 18.3 Å². The van der Waals surface area contributed by atoms with Crippen LogP contribution in [-0.4, -0.2) is 32.3 Å². The van der Waals surface area contributed by atoms with Crippen LogP contribution in [0.3, 0.4) is 0 Å². The van der Waals surface area contributed by atoms with E-state index in [1.54, 1.807) is 36.7 Å². The molecule has 6 nitrogen and oxygen atoms in total. The highest BCUT2D eigenvalue weighted by Crippen LogP contribution is 2.37. The van der Waals surface area contributed by atoms with Crippen molar-refractivity contribution < 1.29 is 18.0 Å². The van der Waals surface area contributed by atoms with E-state index in [0.717, 1.165) is 17.7 Å². The van der Waals surface area contributed by atoms with Crippen LogP contribution in [0.1, 0.15) is 17.9 Å². The smallest absolute Gasteiger partial charge is 0.239 e. The lowest BCUT2D eigenvalue weighted by Crippen LogP contribution is -2.23. The number of rotatable bonds is 7. The van der Waals surface area contributed by atoms with Crippen LogP contribution in [0.25, 0.3) is 33.5 Å². The number of anilines is 1. The summed E-state index contributed by atoms with van der Waals surface area (Å²) >= 11 is 6.15. The lowest BCUT2D eigenvalue weighted by atomic mass is 9.95. The summed E-state index contributed by atoms with van der Waals surface area (Å²) in [5.41, 5.74) is 4.38. The van der Waals surface area contributed by atoms with Gasteiger partial charge in [-0.25, -0.2) is 18.2 Å². The number of nitrogens with one attached hydrogen (secondary N) is 2. The molecule has 0 saturated carbocycles. The number of halogens is 4. The molecular weight excluding hydrogens is 503 g/mol. The molecule has 0 bridgehead atoms. The molecule has 0 saturated heterocycles. The topological polar surface area (TPSA) is 83.6 Å². The van der Waals surface area contributed by atoms with Crippen LogP contribution in [0.5, 0.6) is 0 Å². The second kappa shape index (κ2) is 10.4. The van der Waals surface area contributed by atoms with Gasteiger partial charge in [0.25, 0.3) is 0 Å². The van der Waals surface area contributed by atoms with Crippen LogP contribution in [0, 0.1) is 5.82 Å². The number of amides is 1. The van der Waals surface area contributed by atoms with Gasteiger partial charge in [0.05, 0.1) is 38.9 Å². The van der Waals surface area contributed by atoms with Crippen LogP contribution >= 0.6 is 11.6 Å². The van der Waals surface area contributed by atoms with Gasteiger partial charge in [-0.05, 0) is 48.0 Å². The molecule has 1 aromatic carbocycles. The van der Waals surface area contributed by atoms with E-state index in [1.807, 2.05) is 12.1 Å². The van der Waals surface area contributed by atoms with Crippen molar-refractivity contribution in [3.8, 4) is 22.5 Å². The molecule has 1 atom stereocenters. The Balaban J connectivity index is 1.52. The predicted molar refractivity (Wildman–Crippen MR) is 136 cm³/mol. The van der Waals surface area contributed by atoms with E-state index in [0.29, 0.717) is 33.0 Å². The monoisotopic (exact) mass is 521 g/mol. The van der Waals surface area contributed by atoms with Crippen molar-refractivity contribution in [3.63, 3.8) is 0 Å². The van der Waals surface area contributed by atoms with Crippen LogP contribution in [0.4, 0.5) is 19.0 Å². The highest BCUT2D eigenvalue weighted by Gasteiger charge is 2.26. The fraction of sp³-hybridized carbons (Fsp3) is 0.111. The standard InChI is InChI=1S/C27H19ClF3N5O/c28-17-12-21-26(34-14-17)24(20-3-1-2-9-32-20)25(35-21)16-8-10-33-23(11-16)36-27(37)19(13-22(30)31)15-4-6-18(29)7-5-15/h1-12,14,19,22,35H,13H2,(H,33,36,37)/t19-/m1/s1. The second-order valence-electron chi connectivity index (χ2n) is 8.29. The third-order valence-corrected chi connectivity index (χ3v) is 6.03. The Morgan fingerprint density at radius 2 is 1.81 bits per heavy atom. The third-order valence-electron chi connectivity index (χ3n) is 5.82.